The van der Waals surface area contributed by atoms with Crippen LogP contribution < -0.4 is 5.73 Å². The number of hydrogen-bond acceptors (Lipinski definition) is 1. The predicted molar refractivity (Wildman–Crippen MR) is 35.3 cm³/mol. The molecule has 1 heteroatoms. The van der Waals surface area contributed by atoms with Crippen LogP contribution in [0.4, 0.5) is 0 Å². The lowest BCUT2D eigenvalue weighted by atomic mass is 10.1. The van der Waals surface area contributed by atoms with Crippen molar-refractivity contribution in [3.05, 3.63) is 6.92 Å². The van der Waals surface area contributed by atoms with Gasteiger partial charge in [-0.25, -0.2) is 0 Å². The third kappa shape index (κ3) is 2.31. The maximum atomic E-state index is 5.46. The number of hydrogen-bond donors (Lipinski definition) is 1. The van der Waals surface area contributed by atoms with E-state index in [1.165, 1.54) is 19.3 Å². The molecule has 0 spiro atoms. The van der Waals surface area contributed by atoms with Gasteiger partial charge >= 0.3 is 0 Å². The molecule has 8 heavy (non-hydrogen) atoms. The SMILES string of the molecule is [CH2]C(N)CCC1CC1. The minimum Gasteiger partial charge on any atom is -0.328 e. The van der Waals surface area contributed by atoms with Gasteiger partial charge in [-0.15, -0.1) is 0 Å². The molecule has 0 aromatic heterocycles. The van der Waals surface area contributed by atoms with Gasteiger partial charge in [-0.1, -0.05) is 12.8 Å². The highest BCUT2D eigenvalue weighted by Gasteiger charge is 2.20. The van der Waals surface area contributed by atoms with Crippen LogP contribution in [0.3, 0.4) is 0 Å². The number of nitrogens with two attached hydrogens (primary N) is 1. The molecule has 0 bridgehead atoms. The monoisotopic (exact) mass is 112 g/mol. The summed E-state index contributed by atoms with van der Waals surface area (Å²) >= 11 is 0. The van der Waals surface area contributed by atoms with Crippen molar-refractivity contribution in [3.8, 4) is 0 Å². The van der Waals surface area contributed by atoms with Crippen LogP contribution in [0.5, 0.6) is 0 Å². The lowest BCUT2D eigenvalue weighted by Gasteiger charge is -2.00. The van der Waals surface area contributed by atoms with Gasteiger partial charge in [-0.2, -0.15) is 0 Å². The Morgan fingerprint density at radius 1 is 1.62 bits per heavy atom. The molecule has 1 unspecified atom stereocenters. The molecule has 0 aromatic rings. The molecule has 0 amide bonds. The highest BCUT2D eigenvalue weighted by Crippen LogP contribution is 2.33. The summed E-state index contributed by atoms with van der Waals surface area (Å²) in [4.78, 5) is 0. The molecule has 1 radical (unpaired) electrons. The van der Waals surface area contributed by atoms with Gasteiger partial charge in [0.1, 0.15) is 0 Å². The first-order valence-electron chi connectivity index (χ1n) is 3.37. The van der Waals surface area contributed by atoms with Gasteiger partial charge in [0.2, 0.25) is 0 Å². The summed E-state index contributed by atoms with van der Waals surface area (Å²) in [6, 6.07) is 0.176. The maximum Gasteiger partial charge on any atom is 0.00395 e. The summed E-state index contributed by atoms with van der Waals surface area (Å²) < 4.78 is 0. The van der Waals surface area contributed by atoms with Gasteiger partial charge in [-0.05, 0) is 25.7 Å². The van der Waals surface area contributed by atoms with E-state index in [1.807, 2.05) is 0 Å². The standard InChI is InChI=1S/C7H14N/c1-6(8)2-3-7-4-5-7/h6-7H,1-5,8H2. The van der Waals surface area contributed by atoms with E-state index in [0.29, 0.717) is 0 Å². The van der Waals surface area contributed by atoms with Crippen LogP contribution in [0.25, 0.3) is 0 Å². The van der Waals surface area contributed by atoms with Crippen molar-refractivity contribution in [1.29, 1.82) is 0 Å². The Labute approximate surface area is 51.3 Å². The highest BCUT2D eigenvalue weighted by molar-refractivity contribution is 4.75. The molecule has 0 saturated heterocycles. The van der Waals surface area contributed by atoms with Crippen LogP contribution in [0.1, 0.15) is 25.7 Å². The molecular formula is C7H14N. The second-order valence-electron chi connectivity index (χ2n) is 2.78. The van der Waals surface area contributed by atoms with E-state index < -0.39 is 0 Å². The Morgan fingerprint density at radius 3 is 2.62 bits per heavy atom. The van der Waals surface area contributed by atoms with Crippen molar-refractivity contribution in [1.82, 2.24) is 0 Å². The molecule has 1 aliphatic carbocycles. The molecule has 1 saturated carbocycles. The van der Waals surface area contributed by atoms with Crippen LogP contribution in [0.2, 0.25) is 0 Å². The van der Waals surface area contributed by atoms with E-state index in [2.05, 4.69) is 6.92 Å². The molecule has 1 nitrogen and oxygen atoms in total. The zero-order valence-corrected chi connectivity index (χ0v) is 5.27. The van der Waals surface area contributed by atoms with Gasteiger partial charge in [0.15, 0.2) is 0 Å². The second-order valence-corrected chi connectivity index (χ2v) is 2.78. The molecule has 1 fully saturated rings. The van der Waals surface area contributed by atoms with Crippen LogP contribution in [-0.2, 0) is 0 Å². The molecule has 47 valence electrons. The van der Waals surface area contributed by atoms with Crippen molar-refractivity contribution in [2.75, 3.05) is 0 Å². The summed E-state index contributed by atoms with van der Waals surface area (Å²) in [7, 11) is 0. The summed E-state index contributed by atoms with van der Waals surface area (Å²) in [6.45, 7) is 3.72. The summed E-state index contributed by atoms with van der Waals surface area (Å²) in [5.41, 5.74) is 5.46. The average molecular weight is 112 g/mol. The molecule has 1 rings (SSSR count). The Hall–Kier alpha value is -0.0400. The highest BCUT2D eigenvalue weighted by atomic mass is 14.6. The Balaban J connectivity index is 1.87. The molecule has 0 heterocycles. The van der Waals surface area contributed by atoms with Crippen molar-refractivity contribution in [2.45, 2.75) is 31.7 Å². The van der Waals surface area contributed by atoms with Crippen LogP contribution in [-0.4, -0.2) is 6.04 Å². The first-order chi connectivity index (χ1) is 3.79. The average Bonchev–Trinajstić information content (AvgIpc) is 2.41. The van der Waals surface area contributed by atoms with Crippen LogP contribution >= 0.6 is 0 Å². The second kappa shape index (κ2) is 2.49. The largest absolute Gasteiger partial charge is 0.328 e. The van der Waals surface area contributed by atoms with E-state index in [1.54, 1.807) is 0 Å². The Kier molecular flexibility index (Phi) is 1.90. The Bertz CT molecular complexity index is 62.8. The topological polar surface area (TPSA) is 26.0 Å². The third-order valence-corrected chi connectivity index (χ3v) is 1.64. The minimum absolute atomic E-state index is 0.176. The van der Waals surface area contributed by atoms with E-state index in [9.17, 15) is 0 Å². The lowest BCUT2D eigenvalue weighted by Crippen LogP contribution is -2.14. The van der Waals surface area contributed by atoms with Gasteiger partial charge in [0.05, 0.1) is 0 Å². The van der Waals surface area contributed by atoms with Crippen molar-refractivity contribution < 1.29 is 0 Å². The molecule has 1 atom stereocenters. The van der Waals surface area contributed by atoms with Gasteiger partial charge in [0.25, 0.3) is 0 Å². The smallest absolute Gasteiger partial charge is 0.00395 e. The third-order valence-electron chi connectivity index (χ3n) is 1.64. The zero-order chi connectivity index (χ0) is 5.98. The molecular weight excluding hydrogens is 98.1 g/mol. The quantitative estimate of drug-likeness (QED) is 0.585. The Morgan fingerprint density at radius 2 is 2.25 bits per heavy atom. The van der Waals surface area contributed by atoms with Gasteiger partial charge < -0.3 is 5.73 Å². The fraction of sp³-hybridized carbons (Fsp3) is 0.857. The van der Waals surface area contributed by atoms with E-state index >= 15 is 0 Å². The predicted octanol–water partition coefficient (Wildman–Crippen LogP) is 1.34. The van der Waals surface area contributed by atoms with E-state index in [4.69, 9.17) is 5.73 Å². The van der Waals surface area contributed by atoms with Gasteiger partial charge in [0, 0.05) is 6.04 Å². The summed E-state index contributed by atoms with van der Waals surface area (Å²) in [5, 5.41) is 0. The van der Waals surface area contributed by atoms with Crippen molar-refractivity contribution in [3.63, 3.8) is 0 Å². The normalized spacial score (nSPS) is 23.2. The maximum absolute atomic E-state index is 5.46. The zero-order valence-electron chi connectivity index (χ0n) is 5.27. The molecule has 1 aliphatic rings. The van der Waals surface area contributed by atoms with Crippen LogP contribution in [0, 0.1) is 12.8 Å². The summed E-state index contributed by atoms with van der Waals surface area (Å²) in [6.07, 6.45) is 5.30. The van der Waals surface area contributed by atoms with E-state index in [-0.39, 0.29) is 6.04 Å². The lowest BCUT2D eigenvalue weighted by molar-refractivity contribution is 0.616. The summed E-state index contributed by atoms with van der Waals surface area (Å²) in [5.74, 6) is 1.02. The minimum atomic E-state index is 0.176. The van der Waals surface area contributed by atoms with Crippen LogP contribution in [0.15, 0.2) is 0 Å². The first kappa shape index (κ1) is 6.09. The molecule has 2 N–H and O–H groups in total. The van der Waals surface area contributed by atoms with Crippen molar-refractivity contribution >= 4 is 0 Å². The molecule has 0 aliphatic heterocycles. The fourth-order valence-electron chi connectivity index (χ4n) is 0.856. The van der Waals surface area contributed by atoms with E-state index in [0.717, 1.165) is 12.3 Å². The molecule has 0 aromatic carbocycles. The fourth-order valence-corrected chi connectivity index (χ4v) is 0.856. The first-order valence-corrected chi connectivity index (χ1v) is 3.37. The number of rotatable bonds is 3. The van der Waals surface area contributed by atoms with Crippen molar-refractivity contribution in [2.24, 2.45) is 11.7 Å². The van der Waals surface area contributed by atoms with Gasteiger partial charge in [-0.3, -0.25) is 0 Å².